The number of hydrogen-bond donors (Lipinski definition) is 2. The molecular weight excluding hydrogens is 431 g/mol. The number of aromatic nitrogens is 2. The minimum Gasteiger partial charge on any atom is -0.406 e. The van der Waals surface area contributed by atoms with Gasteiger partial charge in [0.25, 0.3) is 5.91 Å². The quantitative estimate of drug-likeness (QED) is 0.553. The van der Waals surface area contributed by atoms with Gasteiger partial charge < -0.3 is 20.7 Å². The van der Waals surface area contributed by atoms with E-state index < -0.39 is 12.3 Å². The molecule has 3 rings (SSSR count). The van der Waals surface area contributed by atoms with E-state index in [1.165, 1.54) is 30.5 Å². The van der Waals surface area contributed by atoms with Gasteiger partial charge in [-0.25, -0.2) is 4.52 Å². The Morgan fingerprint density at radius 3 is 2.55 bits per heavy atom. The number of pyridine rings is 1. The normalized spacial score (nSPS) is 11.5. The fourth-order valence-corrected chi connectivity index (χ4v) is 3.33. The molecule has 0 atom stereocenters. The van der Waals surface area contributed by atoms with Crippen molar-refractivity contribution in [1.82, 2.24) is 14.5 Å². The second-order valence-corrected chi connectivity index (χ2v) is 7.40. The number of rotatable bonds is 6. The Morgan fingerprint density at radius 1 is 1.29 bits per heavy atom. The number of hydrogen-bond acceptors (Lipinski definition) is 4. The van der Waals surface area contributed by atoms with Gasteiger partial charge in [0.2, 0.25) is 0 Å². The van der Waals surface area contributed by atoms with Crippen molar-refractivity contribution in [3.05, 3.63) is 59.9 Å². The summed E-state index contributed by atoms with van der Waals surface area (Å²) in [6.07, 6.45) is -1.60. The SMILES string of the molecule is CC(C)N(Cc1ccn2ncc(C(N)=O)c2c1)C(=S)Nc1ccc(OC(F)(F)F)cc1. The van der Waals surface area contributed by atoms with Crippen LogP contribution in [0.2, 0.25) is 0 Å². The molecule has 2 heterocycles. The molecule has 3 N–H and O–H groups in total. The Kier molecular flexibility index (Phi) is 6.34. The van der Waals surface area contributed by atoms with Crippen molar-refractivity contribution < 1.29 is 22.7 Å². The highest BCUT2D eigenvalue weighted by Gasteiger charge is 2.31. The highest BCUT2D eigenvalue weighted by atomic mass is 32.1. The van der Waals surface area contributed by atoms with E-state index in [2.05, 4.69) is 15.2 Å². The van der Waals surface area contributed by atoms with Gasteiger partial charge in [-0.15, -0.1) is 13.2 Å². The monoisotopic (exact) mass is 451 g/mol. The zero-order chi connectivity index (χ0) is 22.8. The lowest BCUT2D eigenvalue weighted by Gasteiger charge is -2.30. The van der Waals surface area contributed by atoms with E-state index in [-0.39, 0.29) is 11.8 Å². The smallest absolute Gasteiger partial charge is 0.406 e. The van der Waals surface area contributed by atoms with E-state index in [1.807, 2.05) is 30.9 Å². The molecule has 164 valence electrons. The second-order valence-electron chi connectivity index (χ2n) is 7.01. The number of alkyl halides is 3. The fourth-order valence-electron chi connectivity index (χ4n) is 2.93. The summed E-state index contributed by atoms with van der Waals surface area (Å²) >= 11 is 5.51. The Hall–Kier alpha value is -3.34. The fraction of sp³-hybridized carbons (Fsp3) is 0.250. The average Bonchev–Trinajstić information content (AvgIpc) is 3.09. The van der Waals surface area contributed by atoms with Gasteiger partial charge >= 0.3 is 6.36 Å². The number of nitrogens with two attached hydrogens (primary N) is 1. The summed E-state index contributed by atoms with van der Waals surface area (Å²) in [6.45, 7) is 4.35. The number of thiocarbonyl (C=S) groups is 1. The van der Waals surface area contributed by atoms with E-state index in [9.17, 15) is 18.0 Å². The number of fused-ring (bicyclic) bond motifs is 1. The first-order chi connectivity index (χ1) is 14.5. The van der Waals surface area contributed by atoms with Gasteiger partial charge in [-0.1, -0.05) is 0 Å². The number of halogens is 3. The van der Waals surface area contributed by atoms with Gasteiger partial charge in [0.15, 0.2) is 5.11 Å². The van der Waals surface area contributed by atoms with Crippen molar-refractivity contribution in [3.8, 4) is 5.75 Å². The molecule has 0 aliphatic carbocycles. The molecule has 0 spiro atoms. The molecule has 3 aromatic rings. The minimum absolute atomic E-state index is 0.0181. The topological polar surface area (TPSA) is 84.9 Å². The third kappa shape index (κ3) is 5.63. The summed E-state index contributed by atoms with van der Waals surface area (Å²) in [7, 11) is 0. The summed E-state index contributed by atoms with van der Waals surface area (Å²) in [4.78, 5) is 13.5. The van der Waals surface area contributed by atoms with Crippen LogP contribution in [0.1, 0.15) is 29.8 Å². The van der Waals surface area contributed by atoms with Crippen LogP contribution in [0.5, 0.6) is 5.75 Å². The number of nitrogens with zero attached hydrogens (tertiary/aromatic N) is 3. The predicted molar refractivity (Wildman–Crippen MR) is 114 cm³/mol. The van der Waals surface area contributed by atoms with E-state index in [0.717, 1.165) is 5.56 Å². The lowest BCUT2D eigenvalue weighted by Crippen LogP contribution is -2.39. The molecular formula is C20H20F3N5O2S. The Morgan fingerprint density at radius 2 is 1.97 bits per heavy atom. The zero-order valence-electron chi connectivity index (χ0n) is 16.7. The molecule has 1 aromatic carbocycles. The average molecular weight is 451 g/mol. The van der Waals surface area contributed by atoms with E-state index in [4.69, 9.17) is 18.0 Å². The van der Waals surface area contributed by atoms with Gasteiger partial charge in [-0.3, -0.25) is 4.79 Å². The Labute approximate surface area is 181 Å². The molecule has 7 nitrogen and oxygen atoms in total. The van der Waals surface area contributed by atoms with Crippen LogP contribution < -0.4 is 15.8 Å². The Bertz CT molecular complexity index is 1100. The van der Waals surface area contributed by atoms with Gasteiger partial charge in [0, 0.05) is 24.5 Å². The predicted octanol–water partition coefficient (Wildman–Crippen LogP) is 3.94. The largest absolute Gasteiger partial charge is 0.573 e. The number of amides is 1. The number of carbonyl (C=O) groups is 1. The first-order valence-electron chi connectivity index (χ1n) is 9.23. The van der Waals surface area contributed by atoms with Crippen LogP contribution in [0.15, 0.2) is 48.8 Å². The van der Waals surface area contributed by atoms with Crippen molar-refractivity contribution >= 4 is 34.4 Å². The first kappa shape index (κ1) is 22.3. The molecule has 0 fully saturated rings. The summed E-state index contributed by atoms with van der Waals surface area (Å²) in [5.41, 5.74) is 7.71. The van der Waals surface area contributed by atoms with Gasteiger partial charge in [-0.05, 0) is 68.0 Å². The first-order valence-corrected chi connectivity index (χ1v) is 9.64. The third-order valence-electron chi connectivity index (χ3n) is 4.43. The molecule has 0 aliphatic rings. The van der Waals surface area contributed by atoms with Crippen LogP contribution in [0.4, 0.5) is 18.9 Å². The number of nitrogens with one attached hydrogen (secondary N) is 1. The molecule has 31 heavy (non-hydrogen) atoms. The lowest BCUT2D eigenvalue weighted by atomic mass is 10.1. The van der Waals surface area contributed by atoms with Crippen molar-refractivity contribution in [3.63, 3.8) is 0 Å². The number of carbonyl (C=O) groups excluding carboxylic acids is 1. The molecule has 0 unspecified atom stereocenters. The van der Waals surface area contributed by atoms with E-state index >= 15 is 0 Å². The van der Waals surface area contributed by atoms with Crippen LogP contribution in [0, 0.1) is 0 Å². The molecule has 0 aliphatic heterocycles. The molecule has 0 saturated carbocycles. The van der Waals surface area contributed by atoms with Gasteiger partial charge in [-0.2, -0.15) is 5.10 Å². The minimum atomic E-state index is -4.75. The highest BCUT2D eigenvalue weighted by Crippen LogP contribution is 2.24. The molecule has 0 bridgehead atoms. The van der Waals surface area contributed by atoms with E-state index in [0.29, 0.717) is 28.4 Å². The maximum atomic E-state index is 12.3. The van der Waals surface area contributed by atoms with Crippen molar-refractivity contribution in [1.29, 1.82) is 0 Å². The number of ether oxygens (including phenoxy) is 1. The van der Waals surface area contributed by atoms with Crippen molar-refractivity contribution in [2.24, 2.45) is 5.73 Å². The summed E-state index contributed by atoms with van der Waals surface area (Å²) in [5, 5.41) is 7.51. The zero-order valence-corrected chi connectivity index (χ0v) is 17.5. The van der Waals surface area contributed by atoms with Crippen LogP contribution in [-0.2, 0) is 6.54 Å². The van der Waals surface area contributed by atoms with Crippen LogP contribution >= 0.6 is 12.2 Å². The molecule has 0 saturated heterocycles. The number of primary amides is 1. The highest BCUT2D eigenvalue weighted by molar-refractivity contribution is 7.80. The maximum Gasteiger partial charge on any atom is 0.573 e. The lowest BCUT2D eigenvalue weighted by molar-refractivity contribution is -0.274. The number of anilines is 1. The van der Waals surface area contributed by atoms with Crippen molar-refractivity contribution in [2.45, 2.75) is 32.8 Å². The summed E-state index contributed by atoms with van der Waals surface area (Å²) in [5.74, 6) is -0.882. The molecule has 2 aromatic heterocycles. The van der Waals surface area contributed by atoms with E-state index in [1.54, 1.807) is 10.7 Å². The van der Waals surface area contributed by atoms with Gasteiger partial charge in [0.1, 0.15) is 5.75 Å². The van der Waals surface area contributed by atoms with Crippen LogP contribution in [-0.4, -0.2) is 37.9 Å². The third-order valence-corrected chi connectivity index (χ3v) is 4.76. The second kappa shape index (κ2) is 8.80. The summed E-state index contributed by atoms with van der Waals surface area (Å²) < 4.78 is 42.3. The molecule has 11 heteroatoms. The van der Waals surface area contributed by atoms with Crippen molar-refractivity contribution in [2.75, 3.05) is 5.32 Å². The van der Waals surface area contributed by atoms with Crippen LogP contribution in [0.25, 0.3) is 5.52 Å². The molecule has 0 radical (unpaired) electrons. The standard InChI is InChI=1S/C20H20F3N5O2S/c1-12(2)27(11-13-7-8-28-17(9-13)16(10-25-28)18(24)29)19(31)26-14-3-5-15(6-4-14)30-20(21,22)23/h3-10,12H,11H2,1-2H3,(H2,24,29)(H,26,31). The number of benzene rings is 1. The van der Waals surface area contributed by atoms with Crippen LogP contribution in [0.3, 0.4) is 0 Å². The summed E-state index contributed by atoms with van der Waals surface area (Å²) in [6, 6.07) is 8.99. The maximum absolute atomic E-state index is 12.3. The Balaban J connectivity index is 1.74. The molecule has 1 amide bonds. The van der Waals surface area contributed by atoms with Gasteiger partial charge in [0.05, 0.1) is 17.3 Å².